The zero-order valence-electron chi connectivity index (χ0n) is 11.4. The molecule has 1 aromatic rings. The Morgan fingerprint density at radius 1 is 1.53 bits per heavy atom. The van der Waals surface area contributed by atoms with Gasteiger partial charge in [0.15, 0.2) is 0 Å². The first-order valence-electron chi connectivity index (χ1n) is 7.30. The number of fused-ring (bicyclic) bond motifs is 1. The van der Waals surface area contributed by atoms with Crippen molar-refractivity contribution in [2.45, 2.75) is 57.1 Å². The van der Waals surface area contributed by atoms with E-state index in [4.69, 9.17) is 11.6 Å². The van der Waals surface area contributed by atoms with E-state index in [0.717, 1.165) is 43.0 Å². The lowest BCUT2D eigenvalue weighted by atomic mass is 9.79. The summed E-state index contributed by atoms with van der Waals surface area (Å²) in [4.78, 5) is 1.42. The first-order chi connectivity index (χ1) is 9.06. The van der Waals surface area contributed by atoms with Gasteiger partial charge in [-0.25, -0.2) is 0 Å². The van der Waals surface area contributed by atoms with E-state index < -0.39 is 5.60 Å². The highest BCUT2D eigenvalue weighted by atomic mass is 35.5. The van der Waals surface area contributed by atoms with E-state index in [2.05, 4.69) is 18.3 Å². The summed E-state index contributed by atoms with van der Waals surface area (Å²) in [5, 5.41) is 14.2. The van der Waals surface area contributed by atoms with Crippen molar-refractivity contribution in [2.24, 2.45) is 5.92 Å². The third kappa shape index (κ3) is 2.99. The lowest BCUT2D eigenvalue weighted by Crippen LogP contribution is -2.44. The number of nitrogens with one attached hydrogen (secondary N) is 1. The summed E-state index contributed by atoms with van der Waals surface area (Å²) < 4.78 is 0.890. The molecule has 3 rings (SSSR count). The largest absolute Gasteiger partial charge is 0.389 e. The van der Waals surface area contributed by atoms with Crippen molar-refractivity contribution in [2.75, 3.05) is 6.54 Å². The molecule has 3 unspecified atom stereocenters. The van der Waals surface area contributed by atoms with Crippen LogP contribution < -0.4 is 5.32 Å². The van der Waals surface area contributed by atoms with E-state index >= 15 is 0 Å². The predicted molar refractivity (Wildman–Crippen MR) is 81.0 cm³/mol. The Morgan fingerprint density at radius 3 is 3.16 bits per heavy atom. The lowest BCUT2D eigenvalue weighted by molar-refractivity contribution is -0.0137. The van der Waals surface area contributed by atoms with Crippen molar-refractivity contribution in [3.05, 3.63) is 20.8 Å². The van der Waals surface area contributed by atoms with E-state index in [-0.39, 0.29) is 0 Å². The summed E-state index contributed by atoms with van der Waals surface area (Å²) >= 11 is 7.78. The van der Waals surface area contributed by atoms with Gasteiger partial charge >= 0.3 is 0 Å². The van der Waals surface area contributed by atoms with Crippen molar-refractivity contribution >= 4 is 22.9 Å². The molecular formula is C15H22ClNOS. The van der Waals surface area contributed by atoms with E-state index in [0.29, 0.717) is 12.0 Å². The first-order valence-corrected chi connectivity index (χ1v) is 8.49. The molecule has 0 radical (unpaired) electrons. The molecule has 1 fully saturated rings. The van der Waals surface area contributed by atoms with Crippen LogP contribution in [0.15, 0.2) is 6.07 Å². The fourth-order valence-electron chi connectivity index (χ4n) is 3.65. The molecule has 1 heterocycles. The Bertz CT molecular complexity index is 461. The average molecular weight is 300 g/mol. The fourth-order valence-corrected chi connectivity index (χ4v) is 5.01. The standard InChI is InChI=1S/C15H22ClNOS/c1-10-3-2-6-15(18,8-10)9-17-12-4-5-13-11(12)7-14(16)19-13/h7,10,12,17-18H,2-6,8-9H2,1H3. The number of rotatable bonds is 3. The Hall–Kier alpha value is -0.0900. The van der Waals surface area contributed by atoms with Crippen molar-refractivity contribution in [3.8, 4) is 0 Å². The van der Waals surface area contributed by atoms with Crippen LogP contribution in [0.5, 0.6) is 0 Å². The third-order valence-electron chi connectivity index (χ3n) is 4.59. The van der Waals surface area contributed by atoms with E-state index in [1.54, 1.807) is 11.3 Å². The molecule has 2 N–H and O–H groups in total. The van der Waals surface area contributed by atoms with Crippen LogP contribution in [0.3, 0.4) is 0 Å². The van der Waals surface area contributed by atoms with Crippen LogP contribution in [0.1, 0.15) is 55.5 Å². The van der Waals surface area contributed by atoms with Gasteiger partial charge in [0.2, 0.25) is 0 Å². The minimum Gasteiger partial charge on any atom is -0.389 e. The quantitative estimate of drug-likeness (QED) is 0.886. The number of aryl methyl sites for hydroxylation is 1. The second kappa shape index (κ2) is 5.36. The maximum atomic E-state index is 10.7. The molecule has 0 spiro atoms. The molecule has 1 saturated carbocycles. The summed E-state index contributed by atoms with van der Waals surface area (Å²) in [5.74, 6) is 0.648. The van der Waals surface area contributed by atoms with Gasteiger partial charge in [0.25, 0.3) is 0 Å². The molecule has 4 heteroatoms. The van der Waals surface area contributed by atoms with Gasteiger partial charge in [-0.1, -0.05) is 31.4 Å². The SMILES string of the molecule is CC1CCCC(O)(CNC2CCc3sc(Cl)cc32)C1. The maximum absolute atomic E-state index is 10.7. The van der Waals surface area contributed by atoms with E-state index in [1.807, 2.05) is 0 Å². The molecule has 106 valence electrons. The van der Waals surface area contributed by atoms with Gasteiger partial charge in [-0.2, -0.15) is 0 Å². The van der Waals surface area contributed by atoms with Gasteiger partial charge < -0.3 is 10.4 Å². The average Bonchev–Trinajstić information content (AvgIpc) is 2.85. The number of halogens is 1. The Labute approximate surface area is 124 Å². The maximum Gasteiger partial charge on any atom is 0.0934 e. The molecule has 1 aromatic heterocycles. The number of hydrogen-bond acceptors (Lipinski definition) is 3. The second-order valence-corrected chi connectivity index (χ2v) is 8.10. The summed E-state index contributed by atoms with van der Waals surface area (Å²) in [6.07, 6.45) is 6.55. The van der Waals surface area contributed by atoms with Gasteiger partial charge in [-0.3, -0.25) is 0 Å². The predicted octanol–water partition coefficient (Wildman–Crippen LogP) is 3.92. The number of aliphatic hydroxyl groups is 1. The van der Waals surface area contributed by atoms with Crippen LogP contribution in [0.25, 0.3) is 0 Å². The highest BCUT2D eigenvalue weighted by Crippen LogP contribution is 2.40. The summed E-state index contributed by atoms with van der Waals surface area (Å²) in [7, 11) is 0. The summed E-state index contributed by atoms with van der Waals surface area (Å²) in [5.41, 5.74) is 0.864. The molecule has 0 aromatic carbocycles. The molecule has 0 saturated heterocycles. The van der Waals surface area contributed by atoms with Crippen LogP contribution in [-0.2, 0) is 6.42 Å². The topological polar surface area (TPSA) is 32.3 Å². The molecule has 2 aliphatic rings. The van der Waals surface area contributed by atoms with Crippen LogP contribution in [0.4, 0.5) is 0 Å². The van der Waals surface area contributed by atoms with Crippen LogP contribution in [-0.4, -0.2) is 17.3 Å². The zero-order valence-corrected chi connectivity index (χ0v) is 13.0. The van der Waals surface area contributed by atoms with Gasteiger partial charge in [-0.15, -0.1) is 11.3 Å². The minimum atomic E-state index is -0.500. The molecule has 0 aliphatic heterocycles. The molecule has 0 amide bonds. The Morgan fingerprint density at radius 2 is 2.37 bits per heavy atom. The molecular weight excluding hydrogens is 278 g/mol. The van der Waals surface area contributed by atoms with Crippen LogP contribution >= 0.6 is 22.9 Å². The molecule has 19 heavy (non-hydrogen) atoms. The highest BCUT2D eigenvalue weighted by Gasteiger charge is 2.34. The second-order valence-electron chi connectivity index (χ2n) is 6.33. The van der Waals surface area contributed by atoms with E-state index in [9.17, 15) is 5.11 Å². The normalized spacial score (nSPS) is 34.5. The van der Waals surface area contributed by atoms with Crippen molar-refractivity contribution in [1.82, 2.24) is 5.32 Å². The molecule has 0 bridgehead atoms. The van der Waals surface area contributed by atoms with E-state index in [1.165, 1.54) is 16.9 Å². The summed E-state index contributed by atoms with van der Waals surface area (Å²) in [6, 6.07) is 2.49. The van der Waals surface area contributed by atoms with Crippen LogP contribution in [0.2, 0.25) is 4.34 Å². The van der Waals surface area contributed by atoms with Crippen molar-refractivity contribution in [3.63, 3.8) is 0 Å². The van der Waals surface area contributed by atoms with Gasteiger partial charge in [0, 0.05) is 17.5 Å². The minimum absolute atomic E-state index is 0.389. The first kappa shape index (κ1) is 13.9. The summed E-state index contributed by atoms with van der Waals surface area (Å²) in [6.45, 7) is 2.96. The van der Waals surface area contributed by atoms with Gasteiger partial charge in [-0.05, 0) is 43.2 Å². The Balaban J connectivity index is 1.61. The number of hydrogen-bond donors (Lipinski definition) is 2. The lowest BCUT2D eigenvalue weighted by Gasteiger charge is -2.36. The third-order valence-corrected chi connectivity index (χ3v) is 5.93. The molecule has 2 nitrogen and oxygen atoms in total. The van der Waals surface area contributed by atoms with Crippen molar-refractivity contribution in [1.29, 1.82) is 0 Å². The smallest absolute Gasteiger partial charge is 0.0934 e. The molecule has 3 atom stereocenters. The Kier molecular flexibility index (Phi) is 3.91. The monoisotopic (exact) mass is 299 g/mol. The van der Waals surface area contributed by atoms with Crippen molar-refractivity contribution < 1.29 is 5.11 Å². The fraction of sp³-hybridized carbons (Fsp3) is 0.733. The zero-order chi connectivity index (χ0) is 13.5. The van der Waals surface area contributed by atoms with Crippen LogP contribution in [0, 0.1) is 5.92 Å². The van der Waals surface area contributed by atoms with Gasteiger partial charge in [0.1, 0.15) is 0 Å². The van der Waals surface area contributed by atoms with Gasteiger partial charge in [0.05, 0.1) is 9.94 Å². The highest BCUT2D eigenvalue weighted by molar-refractivity contribution is 7.16. The molecule has 2 aliphatic carbocycles. The number of thiophene rings is 1.